The van der Waals surface area contributed by atoms with Gasteiger partial charge in [-0.3, -0.25) is 0 Å². The first-order valence-corrected chi connectivity index (χ1v) is 7.59. The molecule has 19 heavy (non-hydrogen) atoms. The Morgan fingerprint density at radius 3 is 2.58 bits per heavy atom. The maximum Gasteiger partial charge on any atom is 0.102 e. The van der Waals surface area contributed by atoms with Crippen LogP contribution in [-0.2, 0) is 0 Å². The predicted octanol–water partition coefficient (Wildman–Crippen LogP) is 3.48. The maximum absolute atomic E-state index is 4.86. The summed E-state index contributed by atoms with van der Waals surface area (Å²) in [7, 11) is 0. The van der Waals surface area contributed by atoms with Gasteiger partial charge in [-0.05, 0) is 44.2 Å². The van der Waals surface area contributed by atoms with E-state index >= 15 is 0 Å². The van der Waals surface area contributed by atoms with E-state index in [1.165, 1.54) is 50.9 Å². The fourth-order valence-corrected chi connectivity index (χ4v) is 2.94. The number of piperidine rings is 2. The summed E-state index contributed by atoms with van der Waals surface area (Å²) >= 11 is 0. The largest absolute Gasteiger partial charge is 0.374 e. The highest BCUT2D eigenvalue weighted by Crippen LogP contribution is 2.30. The number of anilines is 1. The van der Waals surface area contributed by atoms with E-state index in [1.54, 1.807) is 0 Å². The molecular formula is C16H23N3. The Balaban J connectivity index is 1.83. The summed E-state index contributed by atoms with van der Waals surface area (Å²) in [6.07, 6.45) is 7.61. The summed E-state index contributed by atoms with van der Waals surface area (Å²) < 4.78 is 0. The molecule has 3 heteroatoms. The van der Waals surface area contributed by atoms with E-state index in [4.69, 9.17) is 4.99 Å². The van der Waals surface area contributed by atoms with Crippen molar-refractivity contribution in [1.82, 2.24) is 5.32 Å². The second kappa shape index (κ2) is 6.09. The first-order chi connectivity index (χ1) is 9.43. The number of rotatable bonds is 2. The highest BCUT2D eigenvalue weighted by Gasteiger charge is 2.14. The molecule has 3 rings (SSSR count). The fourth-order valence-electron chi connectivity index (χ4n) is 2.94. The third-order valence-corrected chi connectivity index (χ3v) is 4.00. The summed E-state index contributed by atoms with van der Waals surface area (Å²) in [5, 5.41) is 3.43. The molecule has 2 saturated heterocycles. The molecule has 1 N–H and O–H groups in total. The van der Waals surface area contributed by atoms with E-state index in [1.807, 2.05) is 0 Å². The number of aliphatic imine (C=N–C) groups is 1. The monoisotopic (exact) mass is 257 g/mol. The second-order valence-electron chi connectivity index (χ2n) is 5.48. The van der Waals surface area contributed by atoms with E-state index in [2.05, 4.69) is 34.5 Å². The van der Waals surface area contributed by atoms with Gasteiger partial charge in [0.25, 0.3) is 0 Å². The zero-order valence-electron chi connectivity index (χ0n) is 11.6. The van der Waals surface area contributed by atoms with E-state index in [9.17, 15) is 0 Å². The normalized spacial score (nSPS) is 22.3. The zero-order chi connectivity index (χ0) is 12.9. The number of benzene rings is 1. The molecule has 0 aliphatic carbocycles. The van der Waals surface area contributed by atoms with Gasteiger partial charge in [0.05, 0.1) is 11.4 Å². The van der Waals surface area contributed by atoms with Crippen molar-refractivity contribution in [2.75, 3.05) is 24.5 Å². The van der Waals surface area contributed by atoms with Gasteiger partial charge in [0.2, 0.25) is 0 Å². The minimum absolute atomic E-state index is 1.07. The quantitative estimate of drug-likeness (QED) is 0.878. The van der Waals surface area contributed by atoms with Crippen LogP contribution in [0.4, 0.5) is 11.4 Å². The molecule has 102 valence electrons. The molecule has 3 nitrogen and oxygen atoms in total. The lowest BCUT2D eigenvalue weighted by Crippen LogP contribution is -2.30. The molecule has 0 radical (unpaired) electrons. The van der Waals surface area contributed by atoms with Gasteiger partial charge in [-0.15, -0.1) is 0 Å². The minimum atomic E-state index is 1.07. The molecule has 0 amide bonds. The molecule has 1 aromatic rings. The van der Waals surface area contributed by atoms with Gasteiger partial charge < -0.3 is 10.2 Å². The third-order valence-electron chi connectivity index (χ3n) is 4.00. The molecule has 0 bridgehead atoms. The van der Waals surface area contributed by atoms with E-state index < -0.39 is 0 Å². The predicted molar refractivity (Wildman–Crippen MR) is 81.5 cm³/mol. The van der Waals surface area contributed by atoms with Crippen molar-refractivity contribution in [1.29, 1.82) is 0 Å². The summed E-state index contributed by atoms with van der Waals surface area (Å²) in [6.45, 7) is 3.43. The smallest absolute Gasteiger partial charge is 0.102 e. The second-order valence-corrected chi connectivity index (χ2v) is 5.48. The molecular weight excluding hydrogens is 234 g/mol. The van der Waals surface area contributed by atoms with Gasteiger partial charge in [0.1, 0.15) is 5.84 Å². The lowest BCUT2D eigenvalue weighted by Gasteiger charge is -2.30. The van der Waals surface area contributed by atoms with Crippen LogP contribution in [0.15, 0.2) is 29.3 Å². The number of nitrogens with zero attached hydrogens (tertiary/aromatic N) is 2. The Labute approximate surface area is 115 Å². The number of amidine groups is 1. The van der Waals surface area contributed by atoms with Crippen LogP contribution in [0.5, 0.6) is 0 Å². The molecule has 0 saturated carbocycles. The van der Waals surface area contributed by atoms with Crippen LogP contribution in [0, 0.1) is 0 Å². The molecule has 0 atom stereocenters. The summed E-state index contributed by atoms with van der Waals surface area (Å²) in [6, 6.07) is 8.58. The van der Waals surface area contributed by atoms with Crippen molar-refractivity contribution in [3.63, 3.8) is 0 Å². The zero-order valence-corrected chi connectivity index (χ0v) is 11.6. The Morgan fingerprint density at radius 1 is 0.947 bits per heavy atom. The van der Waals surface area contributed by atoms with Gasteiger partial charge in [-0.2, -0.15) is 0 Å². The Bertz CT molecular complexity index is 439. The van der Waals surface area contributed by atoms with Crippen molar-refractivity contribution in [3.8, 4) is 0 Å². The number of nitrogens with one attached hydrogen (secondary N) is 1. The molecule has 0 unspecified atom stereocenters. The van der Waals surface area contributed by atoms with Crippen molar-refractivity contribution in [2.24, 2.45) is 4.99 Å². The van der Waals surface area contributed by atoms with Crippen LogP contribution >= 0.6 is 0 Å². The van der Waals surface area contributed by atoms with Crippen LogP contribution in [0.2, 0.25) is 0 Å². The van der Waals surface area contributed by atoms with E-state index in [-0.39, 0.29) is 0 Å². The maximum atomic E-state index is 4.86. The Hall–Kier alpha value is -1.51. The first-order valence-electron chi connectivity index (χ1n) is 7.59. The van der Waals surface area contributed by atoms with Crippen LogP contribution in [0.1, 0.15) is 38.5 Å². The van der Waals surface area contributed by atoms with Crippen molar-refractivity contribution in [3.05, 3.63) is 24.3 Å². The number of para-hydroxylation sites is 2. The van der Waals surface area contributed by atoms with Gasteiger partial charge >= 0.3 is 0 Å². The summed E-state index contributed by atoms with van der Waals surface area (Å²) in [5.41, 5.74) is 2.44. The molecule has 0 spiro atoms. The van der Waals surface area contributed by atoms with Crippen LogP contribution < -0.4 is 10.2 Å². The average Bonchev–Trinajstić information content (AvgIpc) is 2.50. The van der Waals surface area contributed by atoms with Gasteiger partial charge in [0, 0.05) is 26.1 Å². The number of hydrogen-bond acceptors (Lipinski definition) is 2. The Kier molecular flexibility index (Phi) is 4.01. The fraction of sp³-hybridized carbons (Fsp3) is 0.562. The topological polar surface area (TPSA) is 27.6 Å². The SMILES string of the molecule is c1ccc(N2CCCCC2)c(/N=C2\CCCCN2)c1. The highest BCUT2D eigenvalue weighted by atomic mass is 15.1. The van der Waals surface area contributed by atoms with Gasteiger partial charge in [-0.25, -0.2) is 4.99 Å². The Morgan fingerprint density at radius 2 is 1.79 bits per heavy atom. The van der Waals surface area contributed by atoms with Gasteiger partial charge in [0.15, 0.2) is 0 Å². The van der Waals surface area contributed by atoms with E-state index in [0.717, 1.165) is 24.5 Å². The van der Waals surface area contributed by atoms with Crippen molar-refractivity contribution >= 4 is 17.2 Å². The molecule has 2 heterocycles. The average molecular weight is 257 g/mol. The van der Waals surface area contributed by atoms with Crippen LogP contribution in [0.3, 0.4) is 0 Å². The molecule has 2 aliphatic rings. The third kappa shape index (κ3) is 3.09. The van der Waals surface area contributed by atoms with Crippen molar-refractivity contribution < 1.29 is 0 Å². The molecule has 0 aromatic heterocycles. The first kappa shape index (κ1) is 12.5. The number of hydrogen-bond donors (Lipinski definition) is 1. The van der Waals surface area contributed by atoms with E-state index in [0.29, 0.717) is 0 Å². The van der Waals surface area contributed by atoms with Crippen LogP contribution in [-0.4, -0.2) is 25.5 Å². The molecule has 1 aromatic carbocycles. The highest BCUT2D eigenvalue weighted by molar-refractivity contribution is 5.87. The van der Waals surface area contributed by atoms with Crippen LogP contribution in [0.25, 0.3) is 0 Å². The van der Waals surface area contributed by atoms with Crippen molar-refractivity contribution in [2.45, 2.75) is 38.5 Å². The molecule has 2 fully saturated rings. The molecule has 2 aliphatic heterocycles. The summed E-state index contributed by atoms with van der Waals surface area (Å²) in [4.78, 5) is 7.35. The van der Waals surface area contributed by atoms with Gasteiger partial charge in [-0.1, -0.05) is 12.1 Å². The minimum Gasteiger partial charge on any atom is -0.374 e. The lowest BCUT2D eigenvalue weighted by atomic mass is 10.1. The standard InChI is InChI=1S/C16H23N3/c1-6-12-19(13-7-1)15-9-3-2-8-14(15)18-16-10-4-5-11-17-16/h2-3,8-9H,1,4-7,10-13H2,(H,17,18). The lowest BCUT2D eigenvalue weighted by molar-refractivity contribution is 0.578. The summed E-state index contributed by atoms with van der Waals surface area (Å²) in [5.74, 6) is 1.16.